The Kier molecular flexibility index (Phi) is 6.89. The fraction of sp³-hybridized carbons (Fsp3) is 0.882. The SMILES string of the molecule is CC(NNC(=O)OC(C)(C)C)C1CCN(C(=O)OC(C)(C)C)CC1. The maximum absolute atomic E-state index is 12.1. The molecule has 0 spiro atoms. The number of hydrazine groups is 1. The smallest absolute Gasteiger partial charge is 0.422 e. The van der Waals surface area contributed by atoms with Gasteiger partial charge in [-0.05, 0) is 67.2 Å². The van der Waals surface area contributed by atoms with Crippen molar-refractivity contribution < 1.29 is 19.1 Å². The summed E-state index contributed by atoms with van der Waals surface area (Å²) in [4.78, 5) is 25.5. The van der Waals surface area contributed by atoms with Crippen molar-refractivity contribution in [1.29, 1.82) is 0 Å². The largest absolute Gasteiger partial charge is 0.444 e. The first kappa shape index (κ1) is 20.5. The van der Waals surface area contributed by atoms with Crippen LogP contribution in [0, 0.1) is 5.92 Å². The lowest BCUT2D eigenvalue weighted by molar-refractivity contribution is 0.0168. The molecule has 2 N–H and O–H groups in total. The summed E-state index contributed by atoms with van der Waals surface area (Å²) < 4.78 is 10.6. The molecule has 0 bridgehead atoms. The Morgan fingerprint density at radius 1 is 1.00 bits per heavy atom. The van der Waals surface area contributed by atoms with Crippen molar-refractivity contribution in [1.82, 2.24) is 15.8 Å². The van der Waals surface area contributed by atoms with Crippen LogP contribution in [0.3, 0.4) is 0 Å². The molecule has 1 atom stereocenters. The summed E-state index contributed by atoms with van der Waals surface area (Å²) in [7, 11) is 0. The number of amides is 2. The second-order valence-electron chi connectivity index (χ2n) is 8.36. The van der Waals surface area contributed by atoms with Crippen molar-refractivity contribution >= 4 is 12.2 Å². The summed E-state index contributed by atoms with van der Waals surface area (Å²) >= 11 is 0. The molecule has 1 unspecified atom stereocenters. The van der Waals surface area contributed by atoms with Crippen LogP contribution in [0.2, 0.25) is 0 Å². The normalized spacial score (nSPS) is 18.0. The highest BCUT2D eigenvalue weighted by Gasteiger charge is 2.29. The predicted octanol–water partition coefficient (Wildman–Crippen LogP) is 3.05. The molecule has 0 aromatic rings. The second-order valence-corrected chi connectivity index (χ2v) is 8.36. The maximum atomic E-state index is 12.1. The molecule has 7 nitrogen and oxygen atoms in total. The van der Waals surface area contributed by atoms with Gasteiger partial charge in [-0.25, -0.2) is 15.0 Å². The number of ether oxygens (including phenoxy) is 2. The quantitative estimate of drug-likeness (QED) is 0.770. The lowest BCUT2D eigenvalue weighted by atomic mass is 9.91. The van der Waals surface area contributed by atoms with Crippen LogP contribution in [0.25, 0.3) is 0 Å². The Labute approximate surface area is 145 Å². The third kappa shape index (κ3) is 7.86. The van der Waals surface area contributed by atoms with Crippen LogP contribution in [0.1, 0.15) is 61.3 Å². The van der Waals surface area contributed by atoms with Gasteiger partial charge in [-0.2, -0.15) is 0 Å². The molecule has 1 heterocycles. The van der Waals surface area contributed by atoms with Crippen molar-refractivity contribution in [3.05, 3.63) is 0 Å². The molecule has 2 amide bonds. The molecule has 7 heteroatoms. The fourth-order valence-electron chi connectivity index (χ4n) is 2.50. The highest BCUT2D eigenvalue weighted by molar-refractivity contribution is 5.68. The minimum absolute atomic E-state index is 0.0957. The Hall–Kier alpha value is -1.50. The number of hydrogen-bond acceptors (Lipinski definition) is 5. The van der Waals surface area contributed by atoms with Crippen LogP contribution in [-0.4, -0.2) is 47.4 Å². The molecule has 0 aromatic carbocycles. The summed E-state index contributed by atoms with van der Waals surface area (Å²) in [5.74, 6) is 0.374. The highest BCUT2D eigenvalue weighted by Crippen LogP contribution is 2.22. The van der Waals surface area contributed by atoms with Gasteiger partial charge in [0.25, 0.3) is 0 Å². The molecule has 0 aliphatic carbocycles. The Morgan fingerprint density at radius 2 is 1.50 bits per heavy atom. The number of hydrogen-bond donors (Lipinski definition) is 2. The molecular weight excluding hydrogens is 310 g/mol. The number of carbonyl (C=O) groups is 2. The zero-order valence-corrected chi connectivity index (χ0v) is 16.1. The van der Waals surface area contributed by atoms with E-state index in [9.17, 15) is 9.59 Å². The van der Waals surface area contributed by atoms with E-state index >= 15 is 0 Å². The summed E-state index contributed by atoms with van der Waals surface area (Å²) in [6.45, 7) is 14.4. The summed E-state index contributed by atoms with van der Waals surface area (Å²) in [5.41, 5.74) is 4.59. The third-order valence-electron chi connectivity index (χ3n) is 3.70. The van der Waals surface area contributed by atoms with Gasteiger partial charge in [0.05, 0.1) is 0 Å². The summed E-state index contributed by atoms with van der Waals surface area (Å²) in [6.07, 6.45) is 0.987. The van der Waals surface area contributed by atoms with E-state index in [1.807, 2.05) is 48.5 Å². The number of carbonyl (C=O) groups excluding carboxylic acids is 2. The van der Waals surface area contributed by atoms with Crippen molar-refractivity contribution in [3.8, 4) is 0 Å². The van der Waals surface area contributed by atoms with Gasteiger partial charge in [0, 0.05) is 19.1 Å². The Bertz CT molecular complexity index is 432. The zero-order chi connectivity index (χ0) is 18.5. The molecule has 1 aliphatic rings. The molecule has 140 valence electrons. The average molecular weight is 343 g/mol. The van der Waals surface area contributed by atoms with E-state index < -0.39 is 17.3 Å². The van der Waals surface area contributed by atoms with Crippen LogP contribution in [0.5, 0.6) is 0 Å². The van der Waals surface area contributed by atoms with E-state index in [0.29, 0.717) is 19.0 Å². The van der Waals surface area contributed by atoms with E-state index in [2.05, 4.69) is 10.9 Å². The topological polar surface area (TPSA) is 79.9 Å². The van der Waals surface area contributed by atoms with Gasteiger partial charge in [0.15, 0.2) is 0 Å². The number of rotatable bonds is 3. The van der Waals surface area contributed by atoms with Crippen LogP contribution < -0.4 is 10.9 Å². The molecule has 24 heavy (non-hydrogen) atoms. The van der Waals surface area contributed by atoms with Gasteiger partial charge >= 0.3 is 12.2 Å². The van der Waals surface area contributed by atoms with Crippen LogP contribution in [0.4, 0.5) is 9.59 Å². The first-order valence-corrected chi connectivity index (χ1v) is 8.60. The second kappa shape index (κ2) is 8.05. The number of likely N-dealkylation sites (tertiary alicyclic amines) is 1. The lowest BCUT2D eigenvalue weighted by Crippen LogP contribution is -2.50. The van der Waals surface area contributed by atoms with E-state index in [1.54, 1.807) is 4.90 Å². The van der Waals surface area contributed by atoms with Gasteiger partial charge in [-0.3, -0.25) is 5.43 Å². The molecular formula is C17H33N3O4. The monoisotopic (exact) mass is 343 g/mol. The standard InChI is InChI=1S/C17H33N3O4/c1-12(18-19-14(21)23-16(2,3)4)13-8-10-20(11-9-13)15(22)24-17(5,6)7/h12-13,18H,8-11H2,1-7H3,(H,19,21). The van der Waals surface area contributed by atoms with Gasteiger partial charge in [-0.15, -0.1) is 0 Å². The molecule has 1 saturated heterocycles. The average Bonchev–Trinajstić information content (AvgIpc) is 2.41. The van der Waals surface area contributed by atoms with Crippen LogP contribution in [-0.2, 0) is 9.47 Å². The molecule has 1 rings (SSSR count). The molecule has 1 fully saturated rings. The fourth-order valence-corrected chi connectivity index (χ4v) is 2.50. The predicted molar refractivity (Wildman–Crippen MR) is 92.5 cm³/mol. The summed E-state index contributed by atoms with van der Waals surface area (Å²) in [5, 5.41) is 0. The van der Waals surface area contributed by atoms with E-state index in [-0.39, 0.29) is 12.1 Å². The van der Waals surface area contributed by atoms with E-state index in [1.165, 1.54) is 0 Å². The minimum atomic E-state index is -0.520. The number of nitrogens with one attached hydrogen (secondary N) is 2. The Morgan fingerprint density at radius 3 is 1.96 bits per heavy atom. The maximum Gasteiger partial charge on any atom is 0.422 e. The first-order chi connectivity index (χ1) is 10.9. The number of piperidine rings is 1. The lowest BCUT2D eigenvalue weighted by Gasteiger charge is -2.36. The van der Waals surface area contributed by atoms with E-state index in [4.69, 9.17) is 9.47 Å². The van der Waals surface area contributed by atoms with Gasteiger partial charge < -0.3 is 14.4 Å². The van der Waals surface area contributed by atoms with Crippen molar-refractivity contribution in [2.45, 2.75) is 78.6 Å². The number of nitrogens with zero attached hydrogens (tertiary/aromatic N) is 1. The molecule has 0 radical (unpaired) electrons. The van der Waals surface area contributed by atoms with Crippen LogP contribution >= 0.6 is 0 Å². The summed E-state index contributed by atoms with van der Waals surface area (Å²) in [6, 6.07) is 0.0957. The van der Waals surface area contributed by atoms with Gasteiger partial charge in [0.1, 0.15) is 11.2 Å². The van der Waals surface area contributed by atoms with Crippen molar-refractivity contribution in [2.24, 2.45) is 5.92 Å². The Balaban J connectivity index is 2.34. The van der Waals surface area contributed by atoms with E-state index in [0.717, 1.165) is 12.8 Å². The van der Waals surface area contributed by atoms with Gasteiger partial charge in [-0.1, -0.05) is 0 Å². The molecule has 1 aliphatic heterocycles. The van der Waals surface area contributed by atoms with Crippen LogP contribution in [0.15, 0.2) is 0 Å². The zero-order valence-electron chi connectivity index (χ0n) is 16.1. The molecule has 0 aromatic heterocycles. The van der Waals surface area contributed by atoms with Crippen molar-refractivity contribution in [2.75, 3.05) is 13.1 Å². The van der Waals surface area contributed by atoms with Crippen molar-refractivity contribution in [3.63, 3.8) is 0 Å². The van der Waals surface area contributed by atoms with Gasteiger partial charge in [0.2, 0.25) is 0 Å². The molecule has 0 saturated carbocycles. The minimum Gasteiger partial charge on any atom is -0.444 e. The first-order valence-electron chi connectivity index (χ1n) is 8.60. The highest BCUT2D eigenvalue weighted by atomic mass is 16.6. The third-order valence-corrected chi connectivity index (χ3v) is 3.70.